The Morgan fingerprint density at radius 1 is 1.37 bits per heavy atom. The van der Waals surface area contributed by atoms with Crippen molar-refractivity contribution >= 4 is 5.91 Å². The summed E-state index contributed by atoms with van der Waals surface area (Å²) in [5, 5.41) is 3.96. The number of carbonyl (C=O) groups is 1. The second-order valence-electron chi connectivity index (χ2n) is 7.03. The van der Waals surface area contributed by atoms with Crippen molar-refractivity contribution in [1.29, 1.82) is 0 Å². The Labute approximate surface area is 161 Å². The molecular weight excluding hydrogens is 344 g/mol. The van der Waals surface area contributed by atoms with Crippen molar-refractivity contribution in [2.24, 2.45) is 0 Å². The molecule has 0 aromatic heterocycles. The zero-order valence-electron chi connectivity index (χ0n) is 16.3. The lowest BCUT2D eigenvalue weighted by atomic mass is 10.00. The number of hydrogen-bond donors (Lipinski definition) is 0. The van der Waals surface area contributed by atoms with Crippen LogP contribution in [0.3, 0.4) is 0 Å². The van der Waals surface area contributed by atoms with Crippen LogP contribution in [0.2, 0.25) is 0 Å². The topological polar surface area (TPSA) is 51.2 Å². The van der Waals surface area contributed by atoms with Crippen LogP contribution in [-0.4, -0.2) is 55.4 Å². The Morgan fingerprint density at radius 2 is 2.11 bits per heavy atom. The monoisotopic (exact) mass is 374 g/mol. The molecule has 2 saturated heterocycles. The molecule has 2 fully saturated rings. The van der Waals surface area contributed by atoms with Gasteiger partial charge < -0.3 is 14.2 Å². The lowest BCUT2D eigenvalue weighted by Crippen LogP contribution is -2.50. The molecule has 0 radical (unpaired) electrons. The molecule has 0 unspecified atom stereocenters. The number of carbonyl (C=O) groups excluding carboxylic acids is 1. The maximum atomic E-state index is 12.8. The summed E-state index contributed by atoms with van der Waals surface area (Å²) >= 11 is 0. The van der Waals surface area contributed by atoms with Gasteiger partial charge in [0.05, 0.1) is 31.9 Å². The van der Waals surface area contributed by atoms with Crippen molar-refractivity contribution in [3.05, 3.63) is 48.0 Å². The van der Waals surface area contributed by atoms with Gasteiger partial charge in [-0.3, -0.25) is 9.80 Å². The number of hydrazine groups is 1. The molecule has 27 heavy (non-hydrogen) atoms. The predicted molar refractivity (Wildman–Crippen MR) is 103 cm³/mol. The van der Waals surface area contributed by atoms with Crippen molar-refractivity contribution in [2.75, 3.05) is 33.5 Å². The molecule has 1 amide bonds. The average Bonchev–Trinajstić information content (AvgIpc) is 3.16. The smallest absolute Gasteiger partial charge is 0.260 e. The van der Waals surface area contributed by atoms with Gasteiger partial charge in [-0.05, 0) is 37.8 Å². The first kappa shape index (κ1) is 20.0. The SMILES string of the molecule is C=CC(=O)N([C@H](C)c1ccccc1C1OCCCO1)N1CCC[C@H]1COC. The van der Waals surface area contributed by atoms with Crippen LogP contribution in [0.4, 0.5) is 0 Å². The third-order valence-electron chi connectivity index (χ3n) is 5.28. The average molecular weight is 374 g/mol. The summed E-state index contributed by atoms with van der Waals surface area (Å²) in [5.41, 5.74) is 2.01. The molecule has 1 aromatic rings. The van der Waals surface area contributed by atoms with Crippen LogP contribution in [0.15, 0.2) is 36.9 Å². The number of methoxy groups -OCH3 is 1. The van der Waals surface area contributed by atoms with E-state index in [1.54, 1.807) is 7.11 Å². The molecule has 6 nitrogen and oxygen atoms in total. The number of ether oxygens (including phenoxy) is 3. The van der Waals surface area contributed by atoms with Crippen molar-refractivity contribution in [3.63, 3.8) is 0 Å². The van der Waals surface area contributed by atoms with Crippen LogP contribution < -0.4 is 0 Å². The van der Waals surface area contributed by atoms with Crippen molar-refractivity contribution in [1.82, 2.24) is 10.0 Å². The summed E-state index contributed by atoms with van der Waals surface area (Å²) < 4.78 is 17.0. The lowest BCUT2D eigenvalue weighted by molar-refractivity contribution is -0.184. The largest absolute Gasteiger partial charge is 0.383 e. The fourth-order valence-corrected chi connectivity index (χ4v) is 4.00. The minimum Gasteiger partial charge on any atom is -0.383 e. The predicted octanol–water partition coefficient (Wildman–Crippen LogP) is 3.22. The second kappa shape index (κ2) is 9.46. The van der Waals surface area contributed by atoms with E-state index in [9.17, 15) is 4.79 Å². The van der Waals surface area contributed by atoms with Gasteiger partial charge in [-0.1, -0.05) is 30.8 Å². The number of benzene rings is 1. The molecule has 0 aliphatic carbocycles. The fraction of sp³-hybridized carbons (Fsp3) is 0.571. The Kier molecular flexibility index (Phi) is 7.01. The summed E-state index contributed by atoms with van der Waals surface area (Å²) in [5.74, 6) is -0.106. The maximum Gasteiger partial charge on any atom is 0.260 e. The van der Waals surface area contributed by atoms with Crippen LogP contribution in [0.5, 0.6) is 0 Å². The number of rotatable bonds is 7. The Bertz CT molecular complexity index is 645. The first-order valence-corrected chi connectivity index (χ1v) is 9.70. The normalized spacial score (nSPS) is 22.5. The van der Waals surface area contributed by atoms with E-state index in [1.165, 1.54) is 6.08 Å². The van der Waals surface area contributed by atoms with Gasteiger partial charge in [-0.2, -0.15) is 0 Å². The molecule has 2 aliphatic heterocycles. The number of hydrogen-bond acceptors (Lipinski definition) is 5. The van der Waals surface area contributed by atoms with E-state index >= 15 is 0 Å². The van der Waals surface area contributed by atoms with Gasteiger partial charge in [0, 0.05) is 19.2 Å². The highest BCUT2D eigenvalue weighted by atomic mass is 16.7. The zero-order chi connectivity index (χ0) is 19.2. The van der Waals surface area contributed by atoms with Gasteiger partial charge in [0.2, 0.25) is 0 Å². The molecule has 0 bridgehead atoms. The lowest BCUT2D eigenvalue weighted by Gasteiger charge is -2.40. The first-order valence-electron chi connectivity index (χ1n) is 9.70. The van der Waals surface area contributed by atoms with E-state index in [2.05, 4.69) is 11.6 Å². The molecule has 2 heterocycles. The van der Waals surface area contributed by atoms with Crippen LogP contribution in [0, 0.1) is 0 Å². The van der Waals surface area contributed by atoms with Crippen molar-refractivity contribution < 1.29 is 19.0 Å². The summed E-state index contributed by atoms with van der Waals surface area (Å²) in [6.45, 7) is 8.56. The van der Waals surface area contributed by atoms with Gasteiger partial charge in [0.1, 0.15) is 0 Å². The molecular formula is C21H30N2O4. The minimum atomic E-state index is -0.383. The van der Waals surface area contributed by atoms with Crippen LogP contribution in [-0.2, 0) is 19.0 Å². The highest BCUT2D eigenvalue weighted by molar-refractivity contribution is 5.87. The van der Waals surface area contributed by atoms with E-state index in [4.69, 9.17) is 14.2 Å². The molecule has 2 aliphatic rings. The quantitative estimate of drug-likeness (QED) is 0.686. The molecule has 3 rings (SSSR count). The molecule has 0 N–H and O–H groups in total. The van der Waals surface area contributed by atoms with E-state index in [-0.39, 0.29) is 24.3 Å². The van der Waals surface area contributed by atoms with Gasteiger partial charge >= 0.3 is 0 Å². The van der Waals surface area contributed by atoms with E-state index in [0.29, 0.717) is 19.8 Å². The van der Waals surface area contributed by atoms with Gasteiger partial charge in [0.15, 0.2) is 6.29 Å². The zero-order valence-corrected chi connectivity index (χ0v) is 16.3. The number of amides is 1. The summed E-state index contributed by atoms with van der Waals surface area (Å²) in [6.07, 6.45) is 3.96. The van der Waals surface area contributed by atoms with Gasteiger partial charge in [0.25, 0.3) is 5.91 Å². The Balaban J connectivity index is 1.91. The van der Waals surface area contributed by atoms with Gasteiger partial charge in [-0.15, -0.1) is 0 Å². The first-order chi connectivity index (χ1) is 13.2. The van der Waals surface area contributed by atoms with Gasteiger partial charge in [-0.25, -0.2) is 5.01 Å². The van der Waals surface area contributed by atoms with Crippen LogP contribution in [0.1, 0.15) is 49.6 Å². The van der Waals surface area contributed by atoms with E-state index < -0.39 is 0 Å². The van der Waals surface area contributed by atoms with Crippen molar-refractivity contribution in [3.8, 4) is 0 Å². The standard InChI is InChI=1S/C21H30N2O4/c1-4-20(24)23(22-12-7-9-17(22)15-25-3)16(2)18-10-5-6-11-19(18)21-26-13-8-14-27-21/h4-6,10-11,16-17,21H,1,7-9,12-15H2,2-3H3/t16-,17+/m1/s1. The molecule has 0 saturated carbocycles. The Morgan fingerprint density at radius 3 is 2.81 bits per heavy atom. The third-order valence-corrected chi connectivity index (χ3v) is 5.28. The maximum absolute atomic E-state index is 12.8. The minimum absolute atomic E-state index is 0.106. The van der Waals surface area contributed by atoms with Crippen molar-refractivity contribution in [2.45, 2.75) is 44.6 Å². The molecule has 1 aromatic carbocycles. The highest BCUT2D eigenvalue weighted by Gasteiger charge is 2.36. The third kappa shape index (κ3) is 4.41. The summed E-state index contributed by atoms with van der Waals surface area (Å²) in [4.78, 5) is 12.8. The number of nitrogens with zero attached hydrogens (tertiary/aromatic N) is 2. The summed E-state index contributed by atoms with van der Waals surface area (Å²) in [6, 6.07) is 8.07. The fourth-order valence-electron chi connectivity index (χ4n) is 4.00. The summed E-state index contributed by atoms with van der Waals surface area (Å²) in [7, 11) is 1.70. The molecule has 2 atom stereocenters. The molecule has 6 heteroatoms. The second-order valence-corrected chi connectivity index (χ2v) is 7.03. The van der Waals surface area contributed by atoms with E-state index in [0.717, 1.165) is 36.9 Å². The molecule has 0 spiro atoms. The molecule has 148 valence electrons. The van der Waals surface area contributed by atoms with E-state index in [1.807, 2.05) is 36.2 Å². The highest BCUT2D eigenvalue weighted by Crippen LogP contribution is 2.34. The van der Waals surface area contributed by atoms with Crippen LogP contribution >= 0.6 is 0 Å². The Hall–Kier alpha value is -1.73. The van der Waals surface area contributed by atoms with Crippen LogP contribution in [0.25, 0.3) is 0 Å².